The number of aliphatic hydroxyl groups is 1. The molecule has 0 aromatic heterocycles. The van der Waals surface area contributed by atoms with Crippen molar-refractivity contribution in [2.75, 3.05) is 19.6 Å². The number of rotatable bonds is 3. The van der Waals surface area contributed by atoms with Gasteiger partial charge in [0.15, 0.2) is 0 Å². The lowest BCUT2D eigenvalue weighted by Crippen LogP contribution is -2.41. The number of ether oxygens (including phenoxy) is 1. The van der Waals surface area contributed by atoms with Crippen LogP contribution in [0.3, 0.4) is 0 Å². The van der Waals surface area contributed by atoms with Gasteiger partial charge in [0.1, 0.15) is 5.60 Å². The molecule has 1 heterocycles. The zero-order valence-electron chi connectivity index (χ0n) is 11.2. The van der Waals surface area contributed by atoms with E-state index in [-0.39, 0.29) is 18.2 Å². The van der Waals surface area contributed by atoms with Crippen molar-refractivity contribution < 1.29 is 14.6 Å². The Morgan fingerprint density at radius 2 is 2.24 bits per heavy atom. The highest BCUT2D eigenvalue weighted by Crippen LogP contribution is 2.11. The van der Waals surface area contributed by atoms with E-state index in [0.717, 1.165) is 19.5 Å². The quantitative estimate of drug-likeness (QED) is 0.776. The van der Waals surface area contributed by atoms with Gasteiger partial charge in [0, 0.05) is 25.7 Å². The Balaban J connectivity index is 2.28. The SMILES string of the molecule is CC(O)CN1CCC(NC(=O)OC(C)(C)C)C1. The normalized spacial score (nSPS) is 23.5. The average molecular weight is 244 g/mol. The maximum absolute atomic E-state index is 11.5. The summed E-state index contributed by atoms with van der Waals surface area (Å²) in [5.41, 5.74) is -0.456. The lowest BCUT2D eigenvalue weighted by Gasteiger charge is -2.22. The van der Waals surface area contributed by atoms with Crippen LogP contribution in [0.1, 0.15) is 34.1 Å². The molecule has 0 radical (unpaired) electrons. The van der Waals surface area contributed by atoms with Gasteiger partial charge in [-0.1, -0.05) is 0 Å². The molecule has 1 fully saturated rings. The molecule has 1 aliphatic heterocycles. The summed E-state index contributed by atoms with van der Waals surface area (Å²) in [5, 5.41) is 12.1. The monoisotopic (exact) mass is 244 g/mol. The van der Waals surface area contributed by atoms with E-state index in [1.165, 1.54) is 0 Å². The minimum Gasteiger partial charge on any atom is -0.444 e. The van der Waals surface area contributed by atoms with Crippen molar-refractivity contribution >= 4 is 6.09 Å². The Kier molecular flexibility index (Phi) is 4.77. The third-order valence-electron chi connectivity index (χ3n) is 2.52. The summed E-state index contributed by atoms with van der Waals surface area (Å²) in [6.45, 7) is 9.67. The van der Waals surface area contributed by atoms with E-state index in [4.69, 9.17) is 4.74 Å². The molecule has 1 amide bonds. The summed E-state index contributed by atoms with van der Waals surface area (Å²) in [4.78, 5) is 13.7. The van der Waals surface area contributed by atoms with Crippen LogP contribution < -0.4 is 5.32 Å². The van der Waals surface area contributed by atoms with Crippen molar-refractivity contribution in [2.24, 2.45) is 0 Å². The van der Waals surface area contributed by atoms with Crippen LogP contribution in [0.5, 0.6) is 0 Å². The first-order valence-electron chi connectivity index (χ1n) is 6.16. The fraction of sp³-hybridized carbons (Fsp3) is 0.917. The molecule has 100 valence electrons. The van der Waals surface area contributed by atoms with Gasteiger partial charge in [0.05, 0.1) is 6.10 Å². The number of hydrogen-bond donors (Lipinski definition) is 2. The van der Waals surface area contributed by atoms with Gasteiger partial charge in [0.2, 0.25) is 0 Å². The molecule has 2 unspecified atom stereocenters. The van der Waals surface area contributed by atoms with Crippen LogP contribution in [-0.2, 0) is 4.74 Å². The number of amides is 1. The summed E-state index contributed by atoms with van der Waals surface area (Å²) < 4.78 is 5.20. The van der Waals surface area contributed by atoms with Crippen LogP contribution in [0.15, 0.2) is 0 Å². The zero-order chi connectivity index (χ0) is 13.1. The molecule has 0 spiro atoms. The molecule has 1 aliphatic rings. The zero-order valence-corrected chi connectivity index (χ0v) is 11.2. The second kappa shape index (κ2) is 5.69. The predicted octanol–water partition coefficient (Wildman–Crippen LogP) is 0.966. The van der Waals surface area contributed by atoms with Crippen molar-refractivity contribution in [3.8, 4) is 0 Å². The minimum atomic E-state index is -0.456. The number of aliphatic hydroxyl groups excluding tert-OH is 1. The molecule has 17 heavy (non-hydrogen) atoms. The molecule has 1 rings (SSSR count). The summed E-state index contributed by atoms with van der Waals surface area (Å²) in [6, 6.07) is 0.128. The fourth-order valence-corrected chi connectivity index (χ4v) is 1.96. The van der Waals surface area contributed by atoms with E-state index in [2.05, 4.69) is 10.2 Å². The van der Waals surface area contributed by atoms with Crippen LogP contribution in [0.25, 0.3) is 0 Å². The van der Waals surface area contributed by atoms with Crippen molar-refractivity contribution in [1.29, 1.82) is 0 Å². The Hall–Kier alpha value is -0.810. The highest BCUT2D eigenvalue weighted by molar-refractivity contribution is 5.68. The Bertz CT molecular complexity index is 261. The summed E-state index contributed by atoms with van der Waals surface area (Å²) in [6.07, 6.45) is 0.225. The number of nitrogens with one attached hydrogen (secondary N) is 1. The summed E-state index contributed by atoms with van der Waals surface area (Å²) in [7, 11) is 0. The standard InChI is InChI=1S/C12H24N2O3/c1-9(15)7-14-6-5-10(8-14)13-11(16)17-12(2,3)4/h9-10,15H,5-8H2,1-4H3,(H,13,16). The predicted molar refractivity (Wildman–Crippen MR) is 65.9 cm³/mol. The minimum absolute atomic E-state index is 0.128. The Labute approximate surface area is 103 Å². The first kappa shape index (κ1) is 14.3. The molecule has 0 aromatic rings. The number of nitrogens with zero attached hydrogens (tertiary/aromatic N) is 1. The second-order valence-corrected chi connectivity index (χ2v) is 5.74. The van der Waals surface area contributed by atoms with Crippen LogP contribution >= 0.6 is 0 Å². The van der Waals surface area contributed by atoms with E-state index < -0.39 is 5.60 Å². The van der Waals surface area contributed by atoms with Gasteiger partial charge in [-0.15, -0.1) is 0 Å². The van der Waals surface area contributed by atoms with Crippen LogP contribution in [0, 0.1) is 0 Å². The van der Waals surface area contributed by atoms with E-state index in [1.807, 2.05) is 20.8 Å². The third-order valence-corrected chi connectivity index (χ3v) is 2.52. The number of hydrogen-bond acceptors (Lipinski definition) is 4. The molecule has 2 atom stereocenters. The highest BCUT2D eigenvalue weighted by atomic mass is 16.6. The van der Waals surface area contributed by atoms with E-state index in [0.29, 0.717) is 6.54 Å². The third kappa shape index (κ3) is 5.89. The molecule has 0 aliphatic carbocycles. The largest absolute Gasteiger partial charge is 0.444 e. The van der Waals surface area contributed by atoms with Crippen molar-refractivity contribution in [3.63, 3.8) is 0 Å². The molecule has 0 aromatic carbocycles. The number of carbonyl (C=O) groups excluding carboxylic acids is 1. The number of carbonyl (C=O) groups is 1. The maximum atomic E-state index is 11.5. The lowest BCUT2D eigenvalue weighted by atomic mass is 10.2. The van der Waals surface area contributed by atoms with Gasteiger partial charge < -0.3 is 15.2 Å². The highest BCUT2D eigenvalue weighted by Gasteiger charge is 2.26. The van der Waals surface area contributed by atoms with Gasteiger partial charge in [0.25, 0.3) is 0 Å². The molecule has 2 N–H and O–H groups in total. The van der Waals surface area contributed by atoms with Gasteiger partial charge in [-0.3, -0.25) is 4.90 Å². The first-order chi connectivity index (χ1) is 7.76. The molecular formula is C12H24N2O3. The molecule has 1 saturated heterocycles. The number of likely N-dealkylation sites (tertiary alicyclic amines) is 1. The van der Waals surface area contributed by atoms with Gasteiger partial charge in [-0.25, -0.2) is 4.79 Å². The smallest absolute Gasteiger partial charge is 0.407 e. The molecule has 5 heteroatoms. The lowest BCUT2D eigenvalue weighted by molar-refractivity contribution is 0.0505. The van der Waals surface area contributed by atoms with Gasteiger partial charge in [-0.05, 0) is 34.1 Å². The topological polar surface area (TPSA) is 61.8 Å². The Morgan fingerprint density at radius 1 is 1.59 bits per heavy atom. The first-order valence-corrected chi connectivity index (χ1v) is 6.16. The van der Waals surface area contributed by atoms with Crippen molar-refractivity contribution in [1.82, 2.24) is 10.2 Å². The van der Waals surface area contributed by atoms with E-state index in [9.17, 15) is 9.90 Å². The van der Waals surface area contributed by atoms with Crippen LogP contribution in [0.2, 0.25) is 0 Å². The molecule has 0 bridgehead atoms. The maximum Gasteiger partial charge on any atom is 0.407 e. The fourth-order valence-electron chi connectivity index (χ4n) is 1.96. The molecule has 5 nitrogen and oxygen atoms in total. The van der Waals surface area contributed by atoms with Gasteiger partial charge in [-0.2, -0.15) is 0 Å². The Morgan fingerprint density at radius 3 is 2.76 bits per heavy atom. The van der Waals surface area contributed by atoms with Crippen molar-refractivity contribution in [3.05, 3.63) is 0 Å². The van der Waals surface area contributed by atoms with Crippen LogP contribution in [0.4, 0.5) is 4.79 Å². The van der Waals surface area contributed by atoms with Gasteiger partial charge >= 0.3 is 6.09 Å². The molecular weight excluding hydrogens is 220 g/mol. The second-order valence-electron chi connectivity index (χ2n) is 5.74. The summed E-state index contributed by atoms with van der Waals surface area (Å²) >= 11 is 0. The number of alkyl carbamates (subject to hydrolysis) is 1. The van der Waals surface area contributed by atoms with E-state index >= 15 is 0 Å². The summed E-state index contributed by atoms with van der Waals surface area (Å²) in [5.74, 6) is 0. The average Bonchev–Trinajstić information content (AvgIpc) is 2.46. The number of β-amino-alcohol motifs (C(OH)–C–C–N with tert-alkyl or cyclic N) is 1. The molecule has 0 saturated carbocycles. The van der Waals surface area contributed by atoms with E-state index in [1.54, 1.807) is 6.92 Å². The van der Waals surface area contributed by atoms with Crippen molar-refractivity contribution in [2.45, 2.75) is 51.9 Å². The van der Waals surface area contributed by atoms with Crippen LogP contribution in [-0.4, -0.2) is 53.5 Å².